The van der Waals surface area contributed by atoms with Gasteiger partial charge in [-0.3, -0.25) is 4.79 Å². The standard InChI is InChI=1S/C14H15N3O3/c1-20-14(19)12-3-2-11(5-10(12)7-16)17-8-9(6-15)4-13(17)18/h2-3,5,9H,4,6,8,15H2,1H3. The first-order valence-corrected chi connectivity index (χ1v) is 6.23. The molecule has 6 heteroatoms. The number of nitriles is 1. The molecule has 1 aromatic carbocycles. The van der Waals surface area contributed by atoms with Crippen molar-refractivity contribution in [2.75, 3.05) is 25.1 Å². The number of carbonyl (C=O) groups excluding carboxylic acids is 2. The molecule has 1 aromatic rings. The van der Waals surface area contributed by atoms with Crippen LogP contribution in [0.4, 0.5) is 5.69 Å². The highest BCUT2D eigenvalue weighted by molar-refractivity contribution is 5.97. The normalized spacial score (nSPS) is 17.9. The Bertz CT molecular complexity index is 592. The highest BCUT2D eigenvalue weighted by atomic mass is 16.5. The first-order chi connectivity index (χ1) is 9.60. The number of methoxy groups -OCH3 is 1. The number of hydrogen-bond donors (Lipinski definition) is 1. The van der Waals surface area contributed by atoms with Crippen molar-refractivity contribution in [3.05, 3.63) is 29.3 Å². The molecule has 1 amide bonds. The fourth-order valence-corrected chi connectivity index (χ4v) is 2.27. The molecule has 1 aliphatic heterocycles. The summed E-state index contributed by atoms with van der Waals surface area (Å²) in [4.78, 5) is 25.0. The molecule has 6 nitrogen and oxygen atoms in total. The van der Waals surface area contributed by atoms with Crippen LogP contribution in [0.25, 0.3) is 0 Å². The molecule has 0 radical (unpaired) electrons. The van der Waals surface area contributed by atoms with Gasteiger partial charge in [0.15, 0.2) is 0 Å². The van der Waals surface area contributed by atoms with Gasteiger partial charge in [-0.2, -0.15) is 5.26 Å². The van der Waals surface area contributed by atoms with Gasteiger partial charge < -0.3 is 15.4 Å². The molecule has 1 aliphatic rings. The summed E-state index contributed by atoms with van der Waals surface area (Å²) in [6.45, 7) is 0.991. The second kappa shape index (κ2) is 5.72. The van der Waals surface area contributed by atoms with Crippen molar-refractivity contribution in [3.8, 4) is 6.07 Å². The fraction of sp³-hybridized carbons (Fsp3) is 0.357. The lowest BCUT2D eigenvalue weighted by molar-refractivity contribution is -0.117. The van der Waals surface area contributed by atoms with Gasteiger partial charge in [0.05, 0.1) is 18.2 Å². The number of esters is 1. The first kappa shape index (κ1) is 14.0. The number of amides is 1. The number of ether oxygens (including phenoxy) is 1. The second-order valence-electron chi connectivity index (χ2n) is 4.64. The largest absolute Gasteiger partial charge is 0.465 e. The molecule has 0 aromatic heterocycles. The summed E-state index contributed by atoms with van der Waals surface area (Å²) in [7, 11) is 1.26. The van der Waals surface area contributed by atoms with E-state index in [-0.39, 0.29) is 23.0 Å². The maximum absolute atomic E-state index is 11.9. The van der Waals surface area contributed by atoms with Crippen LogP contribution in [-0.4, -0.2) is 32.1 Å². The molecule has 0 spiro atoms. The van der Waals surface area contributed by atoms with Gasteiger partial charge in [-0.05, 0) is 30.7 Å². The zero-order chi connectivity index (χ0) is 14.7. The van der Waals surface area contributed by atoms with Gasteiger partial charge in [-0.25, -0.2) is 4.79 Å². The third kappa shape index (κ3) is 2.49. The van der Waals surface area contributed by atoms with E-state index in [1.165, 1.54) is 19.2 Å². The summed E-state index contributed by atoms with van der Waals surface area (Å²) in [6.07, 6.45) is 0.414. The lowest BCUT2D eigenvalue weighted by Crippen LogP contribution is -2.26. The summed E-state index contributed by atoms with van der Waals surface area (Å²) < 4.78 is 4.61. The molecule has 2 rings (SSSR count). The van der Waals surface area contributed by atoms with Gasteiger partial charge in [0.2, 0.25) is 5.91 Å². The molecule has 2 N–H and O–H groups in total. The Hall–Kier alpha value is -2.39. The minimum Gasteiger partial charge on any atom is -0.465 e. The van der Waals surface area contributed by atoms with Gasteiger partial charge >= 0.3 is 5.97 Å². The average Bonchev–Trinajstić information content (AvgIpc) is 2.86. The summed E-state index contributed by atoms with van der Waals surface area (Å²) in [6, 6.07) is 6.63. The topological polar surface area (TPSA) is 96.4 Å². The first-order valence-electron chi connectivity index (χ1n) is 6.23. The Labute approximate surface area is 116 Å². The number of anilines is 1. The molecule has 1 fully saturated rings. The van der Waals surface area contributed by atoms with E-state index in [4.69, 9.17) is 11.0 Å². The molecule has 1 heterocycles. The molecule has 0 bridgehead atoms. The highest BCUT2D eigenvalue weighted by Gasteiger charge is 2.30. The van der Waals surface area contributed by atoms with E-state index in [1.54, 1.807) is 11.0 Å². The molecule has 1 atom stereocenters. The quantitative estimate of drug-likeness (QED) is 0.816. The Morgan fingerprint density at radius 3 is 2.90 bits per heavy atom. The van der Waals surface area contributed by atoms with Gasteiger partial charge in [0, 0.05) is 18.7 Å². The van der Waals surface area contributed by atoms with E-state index in [9.17, 15) is 9.59 Å². The summed E-state index contributed by atoms with van der Waals surface area (Å²) in [5.74, 6) is -0.454. The van der Waals surface area contributed by atoms with Gasteiger partial charge in [-0.15, -0.1) is 0 Å². The lowest BCUT2D eigenvalue weighted by Gasteiger charge is -2.17. The third-order valence-corrected chi connectivity index (χ3v) is 3.38. The van der Waals surface area contributed by atoms with Crippen molar-refractivity contribution in [1.82, 2.24) is 0 Å². The van der Waals surface area contributed by atoms with E-state index in [0.29, 0.717) is 25.2 Å². The van der Waals surface area contributed by atoms with Crippen LogP contribution in [0.1, 0.15) is 22.3 Å². The van der Waals surface area contributed by atoms with Crippen molar-refractivity contribution >= 4 is 17.6 Å². The van der Waals surface area contributed by atoms with Crippen molar-refractivity contribution in [1.29, 1.82) is 5.26 Å². The Morgan fingerprint density at radius 2 is 2.35 bits per heavy atom. The summed E-state index contributed by atoms with van der Waals surface area (Å²) in [5, 5.41) is 9.11. The SMILES string of the molecule is COC(=O)c1ccc(N2CC(CN)CC2=O)cc1C#N. The Balaban J connectivity index is 2.34. The Kier molecular flexibility index (Phi) is 4.01. The molecule has 0 aliphatic carbocycles. The minimum absolute atomic E-state index is 0.0184. The maximum atomic E-state index is 11.9. The smallest absolute Gasteiger partial charge is 0.339 e. The predicted molar refractivity (Wildman–Crippen MR) is 72.0 cm³/mol. The number of rotatable bonds is 3. The predicted octanol–water partition coefficient (Wildman–Crippen LogP) is 0.656. The van der Waals surface area contributed by atoms with Crippen LogP contribution in [0.2, 0.25) is 0 Å². The fourth-order valence-electron chi connectivity index (χ4n) is 2.27. The van der Waals surface area contributed by atoms with Crippen LogP contribution < -0.4 is 10.6 Å². The van der Waals surface area contributed by atoms with Crippen LogP contribution in [0.5, 0.6) is 0 Å². The van der Waals surface area contributed by atoms with E-state index < -0.39 is 5.97 Å². The molecule has 1 unspecified atom stereocenters. The zero-order valence-corrected chi connectivity index (χ0v) is 11.1. The zero-order valence-electron chi connectivity index (χ0n) is 11.1. The van der Waals surface area contributed by atoms with Crippen LogP contribution in [-0.2, 0) is 9.53 Å². The minimum atomic E-state index is -0.569. The van der Waals surface area contributed by atoms with Crippen LogP contribution in [0.3, 0.4) is 0 Å². The Morgan fingerprint density at radius 1 is 1.60 bits per heavy atom. The van der Waals surface area contributed by atoms with Gasteiger partial charge in [-0.1, -0.05) is 0 Å². The van der Waals surface area contributed by atoms with E-state index in [0.717, 1.165) is 0 Å². The van der Waals surface area contributed by atoms with E-state index in [1.807, 2.05) is 6.07 Å². The van der Waals surface area contributed by atoms with Crippen molar-refractivity contribution in [2.45, 2.75) is 6.42 Å². The van der Waals surface area contributed by atoms with Crippen LogP contribution in [0, 0.1) is 17.2 Å². The average molecular weight is 273 g/mol. The number of carbonyl (C=O) groups is 2. The number of benzene rings is 1. The molecular formula is C14H15N3O3. The number of nitrogens with two attached hydrogens (primary N) is 1. The monoisotopic (exact) mass is 273 g/mol. The van der Waals surface area contributed by atoms with E-state index >= 15 is 0 Å². The van der Waals surface area contributed by atoms with Crippen molar-refractivity contribution < 1.29 is 14.3 Å². The van der Waals surface area contributed by atoms with Crippen molar-refractivity contribution in [3.63, 3.8) is 0 Å². The highest BCUT2D eigenvalue weighted by Crippen LogP contribution is 2.26. The number of hydrogen-bond acceptors (Lipinski definition) is 5. The molecule has 104 valence electrons. The lowest BCUT2D eigenvalue weighted by atomic mass is 10.1. The molecule has 0 saturated carbocycles. The molecular weight excluding hydrogens is 258 g/mol. The van der Waals surface area contributed by atoms with E-state index in [2.05, 4.69) is 4.74 Å². The summed E-state index contributed by atoms with van der Waals surface area (Å²) >= 11 is 0. The third-order valence-electron chi connectivity index (χ3n) is 3.38. The van der Waals surface area contributed by atoms with Crippen LogP contribution in [0.15, 0.2) is 18.2 Å². The summed E-state index contributed by atoms with van der Waals surface area (Å²) in [5.41, 5.74) is 6.58. The number of nitrogens with zero attached hydrogens (tertiary/aromatic N) is 2. The van der Waals surface area contributed by atoms with Crippen LogP contribution >= 0.6 is 0 Å². The molecule has 1 saturated heterocycles. The van der Waals surface area contributed by atoms with Gasteiger partial charge in [0.1, 0.15) is 6.07 Å². The molecule has 20 heavy (non-hydrogen) atoms. The maximum Gasteiger partial charge on any atom is 0.339 e. The second-order valence-corrected chi connectivity index (χ2v) is 4.64. The van der Waals surface area contributed by atoms with Gasteiger partial charge in [0.25, 0.3) is 0 Å². The van der Waals surface area contributed by atoms with Crippen molar-refractivity contribution in [2.24, 2.45) is 11.7 Å².